The van der Waals surface area contributed by atoms with E-state index < -0.39 is 0 Å². The van der Waals surface area contributed by atoms with Crippen molar-refractivity contribution in [2.24, 2.45) is 5.92 Å². The monoisotopic (exact) mass is 365 g/mol. The van der Waals surface area contributed by atoms with Crippen molar-refractivity contribution < 1.29 is 9.59 Å². The molecule has 1 aromatic carbocycles. The number of likely N-dealkylation sites (tertiary alicyclic amines) is 1. The van der Waals surface area contributed by atoms with Gasteiger partial charge in [0.1, 0.15) is 5.69 Å². The van der Waals surface area contributed by atoms with E-state index in [-0.39, 0.29) is 11.8 Å². The van der Waals surface area contributed by atoms with E-state index >= 15 is 0 Å². The quantitative estimate of drug-likeness (QED) is 0.877. The van der Waals surface area contributed by atoms with Crippen molar-refractivity contribution in [3.8, 4) is 0 Å². The van der Waals surface area contributed by atoms with Crippen molar-refractivity contribution in [3.63, 3.8) is 0 Å². The number of hydrogen-bond acceptors (Lipinski definition) is 3. The molecule has 1 saturated heterocycles. The van der Waals surface area contributed by atoms with Crippen LogP contribution >= 0.6 is 0 Å². The first-order valence-electron chi connectivity index (χ1n) is 9.61. The van der Waals surface area contributed by atoms with Gasteiger partial charge in [-0.3, -0.25) is 14.6 Å². The van der Waals surface area contributed by atoms with Gasteiger partial charge in [0.2, 0.25) is 0 Å². The summed E-state index contributed by atoms with van der Waals surface area (Å²) in [4.78, 5) is 31.5. The molecule has 3 rings (SSSR count). The van der Waals surface area contributed by atoms with Crippen LogP contribution in [0.5, 0.6) is 0 Å². The summed E-state index contributed by atoms with van der Waals surface area (Å²) in [5.41, 5.74) is 2.65. The molecule has 0 unspecified atom stereocenters. The molecule has 2 aromatic rings. The zero-order valence-corrected chi connectivity index (χ0v) is 16.2. The number of para-hydroxylation sites is 1. The molecule has 1 fully saturated rings. The molecule has 0 atom stereocenters. The van der Waals surface area contributed by atoms with E-state index in [1.807, 2.05) is 29.2 Å². The molecular weight excluding hydrogens is 338 g/mol. The maximum absolute atomic E-state index is 12.7. The number of pyridine rings is 1. The van der Waals surface area contributed by atoms with Crippen molar-refractivity contribution in [2.75, 3.05) is 18.4 Å². The number of aromatic nitrogens is 1. The van der Waals surface area contributed by atoms with Crippen LogP contribution in [-0.2, 0) is 0 Å². The van der Waals surface area contributed by atoms with Gasteiger partial charge in [-0.2, -0.15) is 0 Å². The van der Waals surface area contributed by atoms with Gasteiger partial charge in [-0.15, -0.1) is 0 Å². The van der Waals surface area contributed by atoms with E-state index in [2.05, 4.69) is 31.1 Å². The predicted octanol–water partition coefficient (Wildman–Crippen LogP) is 4.33. The Hall–Kier alpha value is -2.69. The van der Waals surface area contributed by atoms with E-state index in [4.69, 9.17) is 0 Å². The molecule has 0 aliphatic carbocycles. The second-order valence-electron chi connectivity index (χ2n) is 7.60. The Morgan fingerprint density at radius 3 is 2.56 bits per heavy atom. The van der Waals surface area contributed by atoms with Crippen LogP contribution in [0.25, 0.3) is 0 Å². The van der Waals surface area contributed by atoms with Gasteiger partial charge in [0.05, 0.1) is 0 Å². The molecule has 2 heterocycles. The number of carbonyl (C=O) groups is 2. The molecule has 1 aromatic heterocycles. The van der Waals surface area contributed by atoms with Crippen LogP contribution < -0.4 is 5.32 Å². The van der Waals surface area contributed by atoms with Crippen LogP contribution in [0.4, 0.5) is 5.69 Å². The maximum atomic E-state index is 12.7. The smallest absolute Gasteiger partial charge is 0.272 e. The van der Waals surface area contributed by atoms with E-state index in [1.54, 1.807) is 12.1 Å². The molecule has 2 amide bonds. The van der Waals surface area contributed by atoms with Gasteiger partial charge in [-0.1, -0.05) is 39.0 Å². The fraction of sp³-hybridized carbons (Fsp3) is 0.409. The molecule has 0 saturated carbocycles. The second kappa shape index (κ2) is 8.33. The summed E-state index contributed by atoms with van der Waals surface area (Å²) >= 11 is 0. The molecule has 1 aliphatic rings. The average Bonchev–Trinajstić information content (AvgIpc) is 2.68. The first-order valence-corrected chi connectivity index (χ1v) is 9.61. The fourth-order valence-corrected chi connectivity index (χ4v) is 3.37. The van der Waals surface area contributed by atoms with Crippen LogP contribution in [0.1, 0.15) is 65.9 Å². The summed E-state index contributed by atoms with van der Waals surface area (Å²) in [6.45, 7) is 7.89. The third-order valence-corrected chi connectivity index (χ3v) is 5.14. The number of benzene rings is 1. The Bertz CT molecular complexity index is 824. The predicted molar refractivity (Wildman–Crippen MR) is 107 cm³/mol. The van der Waals surface area contributed by atoms with E-state index in [0.717, 1.165) is 37.2 Å². The summed E-state index contributed by atoms with van der Waals surface area (Å²) in [6.07, 6.45) is 3.55. The Labute approximate surface area is 160 Å². The zero-order valence-electron chi connectivity index (χ0n) is 16.2. The number of nitrogens with zero attached hydrogens (tertiary/aromatic N) is 2. The Kier molecular flexibility index (Phi) is 5.89. The largest absolute Gasteiger partial charge is 0.337 e. The minimum absolute atomic E-state index is 0.0980. The molecule has 0 spiro atoms. The first-order chi connectivity index (χ1) is 13.0. The molecule has 27 heavy (non-hydrogen) atoms. The molecule has 0 bridgehead atoms. The highest BCUT2D eigenvalue weighted by molar-refractivity contribution is 6.06. The molecule has 1 aliphatic heterocycles. The van der Waals surface area contributed by atoms with E-state index in [9.17, 15) is 9.59 Å². The second-order valence-corrected chi connectivity index (χ2v) is 7.60. The molecule has 5 nitrogen and oxygen atoms in total. The third kappa shape index (κ3) is 4.54. The molecule has 0 radical (unpaired) electrons. The fourth-order valence-electron chi connectivity index (χ4n) is 3.37. The number of piperidine rings is 1. The topological polar surface area (TPSA) is 62.3 Å². The highest BCUT2D eigenvalue weighted by Gasteiger charge is 2.23. The lowest BCUT2D eigenvalue weighted by Crippen LogP contribution is -2.38. The van der Waals surface area contributed by atoms with Crippen molar-refractivity contribution in [2.45, 2.75) is 39.5 Å². The maximum Gasteiger partial charge on any atom is 0.272 e. The van der Waals surface area contributed by atoms with Crippen molar-refractivity contribution in [1.82, 2.24) is 9.88 Å². The first kappa shape index (κ1) is 19.1. The number of hydrogen-bond donors (Lipinski definition) is 1. The molecule has 5 heteroatoms. The average molecular weight is 365 g/mol. The molecule has 142 valence electrons. The Balaban J connectivity index is 1.75. The Morgan fingerprint density at radius 2 is 1.85 bits per heavy atom. The number of nitrogens with one attached hydrogen (secondary N) is 1. The lowest BCUT2D eigenvalue weighted by atomic mass is 9.99. The standard InChI is InChI=1S/C22H27N3O2/c1-15(2)18-6-4-5-7-19(18)24-21(26)17-8-11-23-20(14-17)22(27)25-12-9-16(3)10-13-25/h4-8,11,14-16H,9-10,12-13H2,1-3H3,(H,24,26). The number of rotatable bonds is 4. The number of anilines is 1. The lowest BCUT2D eigenvalue weighted by Gasteiger charge is -2.30. The number of amides is 2. The lowest BCUT2D eigenvalue weighted by molar-refractivity contribution is 0.0691. The van der Waals surface area contributed by atoms with Crippen LogP contribution in [0.15, 0.2) is 42.6 Å². The number of carbonyl (C=O) groups excluding carboxylic acids is 2. The third-order valence-electron chi connectivity index (χ3n) is 5.14. The Morgan fingerprint density at radius 1 is 1.15 bits per heavy atom. The van der Waals surface area contributed by atoms with Gasteiger partial charge >= 0.3 is 0 Å². The van der Waals surface area contributed by atoms with Crippen LogP contribution in [0.3, 0.4) is 0 Å². The van der Waals surface area contributed by atoms with Gasteiger partial charge in [0.25, 0.3) is 11.8 Å². The highest BCUT2D eigenvalue weighted by atomic mass is 16.2. The molecule has 1 N–H and O–H groups in total. The minimum atomic E-state index is -0.230. The van der Waals surface area contributed by atoms with Crippen molar-refractivity contribution >= 4 is 17.5 Å². The normalized spacial score (nSPS) is 15.0. The summed E-state index contributed by atoms with van der Waals surface area (Å²) in [7, 11) is 0. The SMILES string of the molecule is CC1CCN(C(=O)c2cc(C(=O)Nc3ccccc3C(C)C)ccn2)CC1. The summed E-state index contributed by atoms with van der Waals surface area (Å²) < 4.78 is 0. The van der Waals surface area contributed by atoms with Crippen LogP contribution in [-0.4, -0.2) is 34.8 Å². The van der Waals surface area contributed by atoms with Gasteiger partial charge in [-0.25, -0.2) is 0 Å². The van der Waals surface area contributed by atoms with E-state index in [1.165, 1.54) is 6.20 Å². The van der Waals surface area contributed by atoms with Gasteiger partial charge in [0, 0.05) is 30.5 Å². The van der Waals surface area contributed by atoms with Gasteiger partial charge < -0.3 is 10.2 Å². The zero-order chi connectivity index (χ0) is 19.4. The summed E-state index contributed by atoms with van der Waals surface area (Å²) in [6, 6.07) is 11.0. The van der Waals surface area contributed by atoms with E-state index in [0.29, 0.717) is 23.1 Å². The van der Waals surface area contributed by atoms with Gasteiger partial charge in [-0.05, 0) is 48.4 Å². The highest BCUT2D eigenvalue weighted by Crippen LogP contribution is 2.24. The summed E-state index contributed by atoms with van der Waals surface area (Å²) in [5, 5.41) is 2.97. The van der Waals surface area contributed by atoms with Gasteiger partial charge in [0.15, 0.2) is 0 Å². The van der Waals surface area contributed by atoms with Crippen LogP contribution in [0.2, 0.25) is 0 Å². The minimum Gasteiger partial charge on any atom is -0.337 e. The summed E-state index contributed by atoms with van der Waals surface area (Å²) in [5.74, 6) is 0.628. The van der Waals surface area contributed by atoms with Crippen LogP contribution in [0, 0.1) is 5.92 Å². The van der Waals surface area contributed by atoms with Crippen molar-refractivity contribution in [1.29, 1.82) is 0 Å². The van der Waals surface area contributed by atoms with Crippen molar-refractivity contribution in [3.05, 3.63) is 59.4 Å². The molecular formula is C22H27N3O2.